The van der Waals surface area contributed by atoms with E-state index < -0.39 is 14.9 Å². The van der Waals surface area contributed by atoms with Gasteiger partial charge in [0.15, 0.2) is 5.13 Å². The number of rotatable bonds is 6. The third-order valence-corrected chi connectivity index (χ3v) is 7.59. The van der Waals surface area contributed by atoms with E-state index in [2.05, 4.69) is 14.6 Å². The summed E-state index contributed by atoms with van der Waals surface area (Å²) in [6.45, 7) is 6.24. The zero-order chi connectivity index (χ0) is 22.9. The molecule has 3 aromatic rings. The van der Waals surface area contributed by atoms with Crippen LogP contribution >= 0.6 is 11.3 Å². The van der Waals surface area contributed by atoms with Gasteiger partial charge in [-0.25, -0.2) is 13.4 Å². The fourth-order valence-corrected chi connectivity index (χ4v) is 5.57. The fourth-order valence-electron chi connectivity index (χ4n) is 3.73. The predicted molar refractivity (Wildman–Crippen MR) is 126 cm³/mol. The number of aryl methyl sites for hydroxylation is 2. The summed E-state index contributed by atoms with van der Waals surface area (Å²) in [6, 6.07) is 9.44. The van der Waals surface area contributed by atoms with Crippen LogP contribution in [0.4, 0.5) is 22.2 Å². The number of sulfonamides is 1. The van der Waals surface area contributed by atoms with Gasteiger partial charge in [0.2, 0.25) is 0 Å². The standard InChI is InChI=1S/C21H23N5O4S2/c1-15-3-5-18(16(2)13-15)23-32(29,30)17-4-6-19(20(14-17)26(27)28)24-8-10-25(11-9-24)21-22-7-12-31-21/h3-7,12-14,23H,8-11H2,1-2H3. The lowest BCUT2D eigenvalue weighted by Crippen LogP contribution is -2.46. The lowest BCUT2D eigenvalue weighted by molar-refractivity contribution is -0.384. The number of aromatic nitrogens is 1. The van der Waals surface area contributed by atoms with Crippen molar-refractivity contribution in [2.75, 3.05) is 40.7 Å². The van der Waals surface area contributed by atoms with Crippen LogP contribution in [0.2, 0.25) is 0 Å². The number of anilines is 3. The summed E-state index contributed by atoms with van der Waals surface area (Å²) in [5.41, 5.74) is 2.43. The van der Waals surface area contributed by atoms with Crippen molar-refractivity contribution in [2.45, 2.75) is 18.7 Å². The van der Waals surface area contributed by atoms with E-state index in [1.54, 1.807) is 23.6 Å². The van der Waals surface area contributed by atoms with Gasteiger partial charge < -0.3 is 9.80 Å². The molecule has 4 rings (SSSR count). The molecule has 11 heteroatoms. The topological polar surface area (TPSA) is 109 Å². The molecule has 2 aromatic carbocycles. The van der Waals surface area contributed by atoms with Crippen LogP contribution in [-0.4, -0.2) is 44.5 Å². The molecule has 0 radical (unpaired) electrons. The Morgan fingerprint density at radius 2 is 1.78 bits per heavy atom. The Morgan fingerprint density at radius 1 is 1.06 bits per heavy atom. The van der Waals surface area contributed by atoms with Crippen LogP contribution in [0, 0.1) is 24.0 Å². The average Bonchev–Trinajstić information content (AvgIpc) is 3.30. The molecule has 1 aliphatic rings. The molecule has 0 amide bonds. The maximum atomic E-state index is 12.9. The second-order valence-corrected chi connectivity index (χ2v) is 10.2. The molecule has 168 valence electrons. The molecule has 1 aromatic heterocycles. The minimum atomic E-state index is -3.98. The molecule has 0 aliphatic carbocycles. The number of piperazine rings is 1. The zero-order valence-electron chi connectivity index (χ0n) is 17.7. The largest absolute Gasteiger partial charge is 0.362 e. The highest BCUT2D eigenvalue weighted by molar-refractivity contribution is 7.92. The Hall–Kier alpha value is -3.18. The normalized spacial score (nSPS) is 14.4. The molecule has 9 nitrogen and oxygen atoms in total. The third kappa shape index (κ3) is 4.53. The Morgan fingerprint density at radius 3 is 2.41 bits per heavy atom. The lowest BCUT2D eigenvalue weighted by Gasteiger charge is -2.35. The Bertz CT molecular complexity index is 1240. The van der Waals surface area contributed by atoms with Gasteiger partial charge in [0.25, 0.3) is 15.7 Å². The van der Waals surface area contributed by atoms with E-state index in [0.29, 0.717) is 37.6 Å². The smallest absolute Gasteiger partial charge is 0.293 e. The summed E-state index contributed by atoms with van der Waals surface area (Å²) in [5, 5.41) is 14.6. The summed E-state index contributed by atoms with van der Waals surface area (Å²) in [5.74, 6) is 0. The molecular formula is C21H23N5O4S2. The van der Waals surface area contributed by atoms with Crippen LogP contribution < -0.4 is 14.5 Å². The van der Waals surface area contributed by atoms with Crippen LogP contribution in [0.25, 0.3) is 0 Å². The molecule has 1 N–H and O–H groups in total. The van der Waals surface area contributed by atoms with Crippen molar-refractivity contribution in [3.63, 3.8) is 0 Å². The first-order valence-electron chi connectivity index (χ1n) is 10.0. The zero-order valence-corrected chi connectivity index (χ0v) is 19.3. The van der Waals surface area contributed by atoms with Crippen molar-refractivity contribution in [2.24, 2.45) is 0 Å². The van der Waals surface area contributed by atoms with Gasteiger partial charge in [-0.05, 0) is 37.6 Å². The van der Waals surface area contributed by atoms with Crippen molar-refractivity contribution >= 4 is 43.6 Å². The van der Waals surface area contributed by atoms with Gasteiger partial charge in [-0.3, -0.25) is 14.8 Å². The molecule has 32 heavy (non-hydrogen) atoms. The molecule has 0 spiro atoms. The highest BCUT2D eigenvalue weighted by atomic mass is 32.2. The van der Waals surface area contributed by atoms with E-state index in [1.807, 2.05) is 36.3 Å². The Labute approximate surface area is 190 Å². The van der Waals surface area contributed by atoms with Gasteiger partial charge in [-0.15, -0.1) is 11.3 Å². The fraction of sp³-hybridized carbons (Fsp3) is 0.286. The number of nitrogens with one attached hydrogen (secondary N) is 1. The van der Waals surface area contributed by atoms with Gasteiger partial charge in [0.1, 0.15) is 5.69 Å². The second kappa shape index (κ2) is 8.75. The van der Waals surface area contributed by atoms with Crippen LogP contribution in [0.1, 0.15) is 11.1 Å². The molecule has 0 atom stereocenters. The summed E-state index contributed by atoms with van der Waals surface area (Å²) in [4.78, 5) is 19.5. The summed E-state index contributed by atoms with van der Waals surface area (Å²) in [7, 11) is -3.98. The summed E-state index contributed by atoms with van der Waals surface area (Å²) in [6.07, 6.45) is 1.75. The van der Waals surface area contributed by atoms with Crippen molar-refractivity contribution < 1.29 is 13.3 Å². The number of benzene rings is 2. The van der Waals surface area contributed by atoms with Gasteiger partial charge in [-0.2, -0.15) is 0 Å². The highest BCUT2D eigenvalue weighted by Gasteiger charge is 2.27. The number of hydrogen-bond donors (Lipinski definition) is 1. The van der Waals surface area contributed by atoms with E-state index >= 15 is 0 Å². The van der Waals surface area contributed by atoms with Gasteiger partial charge in [-0.1, -0.05) is 17.7 Å². The number of hydrogen-bond acceptors (Lipinski definition) is 8. The third-order valence-electron chi connectivity index (χ3n) is 5.39. The highest BCUT2D eigenvalue weighted by Crippen LogP contribution is 2.33. The molecule has 1 saturated heterocycles. The van der Waals surface area contributed by atoms with Crippen LogP contribution in [0.5, 0.6) is 0 Å². The summed E-state index contributed by atoms with van der Waals surface area (Å²) >= 11 is 1.56. The lowest BCUT2D eigenvalue weighted by atomic mass is 10.1. The molecule has 0 saturated carbocycles. The minimum absolute atomic E-state index is 0.144. The van der Waals surface area contributed by atoms with E-state index in [1.165, 1.54) is 12.1 Å². The second-order valence-electron chi connectivity index (χ2n) is 7.62. The maximum Gasteiger partial charge on any atom is 0.293 e. The van der Waals surface area contributed by atoms with Gasteiger partial charge in [0.05, 0.1) is 15.5 Å². The number of thiazole rings is 1. The molecule has 1 fully saturated rings. The molecular weight excluding hydrogens is 450 g/mol. The van der Waals surface area contributed by atoms with E-state index in [-0.39, 0.29) is 10.6 Å². The van der Waals surface area contributed by atoms with Crippen LogP contribution in [0.3, 0.4) is 0 Å². The number of nitro groups is 1. The van der Waals surface area contributed by atoms with Gasteiger partial charge >= 0.3 is 0 Å². The Balaban J connectivity index is 1.57. The Kier molecular flexibility index (Phi) is 6.02. The van der Waals surface area contributed by atoms with Crippen LogP contribution in [0.15, 0.2) is 52.9 Å². The predicted octanol–water partition coefficient (Wildman–Crippen LogP) is 3.80. The minimum Gasteiger partial charge on any atom is -0.362 e. The van der Waals surface area contributed by atoms with Crippen molar-refractivity contribution in [3.8, 4) is 0 Å². The van der Waals surface area contributed by atoms with Gasteiger partial charge in [0, 0.05) is 43.8 Å². The number of nitro benzene ring substituents is 1. The maximum absolute atomic E-state index is 12.9. The quantitative estimate of drug-likeness (QED) is 0.428. The molecule has 2 heterocycles. The van der Waals surface area contributed by atoms with Crippen LogP contribution in [-0.2, 0) is 10.0 Å². The summed E-state index contributed by atoms with van der Waals surface area (Å²) < 4.78 is 28.4. The SMILES string of the molecule is Cc1ccc(NS(=O)(=O)c2ccc(N3CCN(c4nccs4)CC3)c([N+](=O)[O-])c2)c(C)c1. The van der Waals surface area contributed by atoms with Crippen molar-refractivity contribution in [1.82, 2.24) is 4.98 Å². The first-order valence-corrected chi connectivity index (χ1v) is 12.4. The average molecular weight is 474 g/mol. The van der Waals surface area contributed by atoms with Crippen molar-refractivity contribution in [1.29, 1.82) is 0 Å². The van der Waals surface area contributed by atoms with E-state index in [4.69, 9.17) is 0 Å². The number of nitrogens with zero attached hydrogens (tertiary/aromatic N) is 4. The molecule has 1 aliphatic heterocycles. The molecule has 0 bridgehead atoms. The monoisotopic (exact) mass is 473 g/mol. The van der Waals surface area contributed by atoms with E-state index in [9.17, 15) is 18.5 Å². The first-order chi connectivity index (χ1) is 15.2. The molecule has 0 unspecified atom stereocenters. The van der Waals surface area contributed by atoms with E-state index in [0.717, 1.165) is 22.3 Å². The van der Waals surface area contributed by atoms with Crippen molar-refractivity contribution in [3.05, 3.63) is 69.2 Å². The first kappa shape index (κ1) is 22.0.